The van der Waals surface area contributed by atoms with Gasteiger partial charge in [-0.1, -0.05) is 13.0 Å². The molecule has 2 rings (SSSR count). The average Bonchev–Trinajstić information content (AvgIpc) is 2.43. The summed E-state index contributed by atoms with van der Waals surface area (Å²) in [6, 6.07) is 5.79. The van der Waals surface area contributed by atoms with Gasteiger partial charge in [-0.3, -0.25) is 4.98 Å². The molecule has 0 aliphatic carbocycles. The number of aromatic nitrogens is 3. The van der Waals surface area contributed by atoms with Crippen LogP contribution in [0, 0.1) is 13.8 Å². The first-order valence-electron chi connectivity index (χ1n) is 6.68. The summed E-state index contributed by atoms with van der Waals surface area (Å²) in [4.78, 5) is 13.5. The summed E-state index contributed by atoms with van der Waals surface area (Å²) in [5, 5.41) is 3.33. The smallest absolute Gasteiger partial charge is 0.178 e. The van der Waals surface area contributed by atoms with Gasteiger partial charge in [-0.05, 0) is 51.1 Å². The zero-order chi connectivity index (χ0) is 13.7. The molecule has 0 aliphatic rings. The highest BCUT2D eigenvalue weighted by Crippen LogP contribution is 2.17. The van der Waals surface area contributed by atoms with E-state index in [0.29, 0.717) is 5.82 Å². The summed E-state index contributed by atoms with van der Waals surface area (Å²) in [5.41, 5.74) is 4.16. The molecule has 2 heterocycles. The van der Waals surface area contributed by atoms with Crippen LogP contribution in [0.2, 0.25) is 0 Å². The fourth-order valence-electron chi connectivity index (χ4n) is 2.10. The molecule has 0 saturated carbocycles. The van der Waals surface area contributed by atoms with Crippen LogP contribution in [0.5, 0.6) is 0 Å². The molecule has 2 aromatic rings. The van der Waals surface area contributed by atoms with Gasteiger partial charge in [0.1, 0.15) is 5.69 Å². The normalized spacial score (nSPS) is 10.7. The van der Waals surface area contributed by atoms with Crippen molar-refractivity contribution in [2.45, 2.75) is 27.2 Å². The van der Waals surface area contributed by atoms with Crippen molar-refractivity contribution < 1.29 is 0 Å². The minimum absolute atomic E-state index is 0.711. The quantitative estimate of drug-likeness (QED) is 0.834. The van der Waals surface area contributed by atoms with Crippen LogP contribution >= 0.6 is 0 Å². The average molecular weight is 256 g/mol. The van der Waals surface area contributed by atoms with E-state index in [2.05, 4.69) is 27.2 Å². The van der Waals surface area contributed by atoms with Gasteiger partial charge >= 0.3 is 0 Å². The molecule has 0 unspecified atom stereocenters. The van der Waals surface area contributed by atoms with Crippen LogP contribution in [-0.2, 0) is 6.42 Å². The van der Waals surface area contributed by atoms with Crippen LogP contribution in [0.25, 0.3) is 11.5 Å². The fraction of sp³-hybridized carbons (Fsp3) is 0.400. The summed E-state index contributed by atoms with van der Waals surface area (Å²) in [6.45, 7) is 8.15. The first-order valence-corrected chi connectivity index (χ1v) is 6.68. The van der Waals surface area contributed by atoms with E-state index in [1.54, 1.807) is 6.20 Å². The minimum Gasteiger partial charge on any atom is -0.317 e. The second kappa shape index (κ2) is 6.38. The maximum atomic E-state index is 4.58. The van der Waals surface area contributed by atoms with Crippen LogP contribution in [0.15, 0.2) is 24.4 Å². The van der Waals surface area contributed by atoms with Crippen LogP contribution in [0.4, 0.5) is 0 Å². The van der Waals surface area contributed by atoms with E-state index in [1.807, 2.05) is 32.0 Å². The molecule has 19 heavy (non-hydrogen) atoms. The Morgan fingerprint density at radius 3 is 2.42 bits per heavy atom. The standard InChI is InChI=1S/C15H20N4/c1-4-16-10-8-13-11(2)18-15(19-12(13)3)14-7-5-6-9-17-14/h5-7,9,16H,4,8,10H2,1-3H3. The second-order valence-corrected chi connectivity index (χ2v) is 4.52. The highest BCUT2D eigenvalue weighted by atomic mass is 14.9. The van der Waals surface area contributed by atoms with E-state index in [0.717, 1.165) is 36.6 Å². The lowest BCUT2D eigenvalue weighted by molar-refractivity contribution is 0.708. The molecule has 100 valence electrons. The Morgan fingerprint density at radius 2 is 1.84 bits per heavy atom. The van der Waals surface area contributed by atoms with Crippen molar-refractivity contribution in [3.05, 3.63) is 41.3 Å². The Labute approximate surface area is 114 Å². The molecule has 0 amide bonds. The highest BCUT2D eigenvalue weighted by Gasteiger charge is 2.10. The first-order chi connectivity index (χ1) is 9.22. The summed E-state index contributed by atoms with van der Waals surface area (Å²) >= 11 is 0. The zero-order valence-electron chi connectivity index (χ0n) is 11.8. The second-order valence-electron chi connectivity index (χ2n) is 4.52. The third-order valence-corrected chi connectivity index (χ3v) is 3.12. The van der Waals surface area contributed by atoms with Crippen molar-refractivity contribution in [1.29, 1.82) is 0 Å². The van der Waals surface area contributed by atoms with Gasteiger partial charge in [-0.15, -0.1) is 0 Å². The molecule has 4 nitrogen and oxygen atoms in total. The Hall–Kier alpha value is -1.81. The highest BCUT2D eigenvalue weighted by molar-refractivity contribution is 5.49. The number of pyridine rings is 1. The molecule has 0 aromatic carbocycles. The topological polar surface area (TPSA) is 50.7 Å². The van der Waals surface area contributed by atoms with Gasteiger partial charge in [0, 0.05) is 17.6 Å². The van der Waals surface area contributed by atoms with Crippen LogP contribution in [-0.4, -0.2) is 28.0 Å². The van der Waals surface area contributed by atoms with Gasteiger partial charge in [0.15, 0.2) is 5.82 Å². The fourth-order valence-corrected chi connectivity index (χ4v) is 2.10. The molecular formula is C15H20N4. The predicted molar refractivity (Wildman–Crippen MR) is 77.0 cm³/mol. The number of likely N-dealkylation sites (N-methyl/N-ethyl adjacent to an activating group) is 1. The van der Waals surface area contributed by atoms with Gasteiger partial charge in [0.05, 0.1) is 0 Å². The molecule has 0 atom stereocenters. The largest absolute Gasteiger partial charge is 0.317 e. The molecule has 0 aliphatic heterocycles. The number of hydrogen-bond donors (Lipinski definition) is 1. The zero-order valence-corrected chi connectivity index (χ0v) is 11.8. The summed E-state index contributed by atoms with van der Waals surface area (Å²) in [5.74, 6) is 0.711. The SMILES string of the molecule is CCNCCc1c(C)nc(-c2ccccn2)nc1C. The molecule has 4 heteroatoms. The van der Waals surface area contributed by atoms with E-state index >= 15 is 0 Å². The van der Waals surface area contributed by atoms with Crippen molar-refractivity contribution in [2.24, 2.45) is 0 Å². The van der Waals surface area contributed by atoms with E-state index in [4.69, 9.17) is 0 Å². The van der Waals surface area contributed by atoms with Crippen molar-refractivity contribution in [1.82, 2.24) is 20.3 Å². The maximum Gasteiger partial charge on any atom is 0.178 e. The molecule has 0 saturated heterocycles. The Morgan fingerprint density at radius 1 is 1.11 bits per heavy atom. The molecule has 2 aromatic heterocycles. The Kier molecular flexibility index (Phi) is 4.58. The first kappa shape index (κ1) is 13.6. The molecule has 0 bridgehead atoms. The van der Waals surface area contributed by atoms with Gasteiger partial charge in [-0.2, -0.15) is 0 Å². The third kappa shape index (κ3) is 3.35. The van der Waals surface area contributed by atoms with Crippen LogP contribution in [0.1, 0.15) is 23.9 Å². The number of nitrogens with one attached hydrogen (secondary N) is 1. The number of nitrogens with zero attached hydrogens (tertiary/aromatic N) is 3. The van der Waals surface area contributed by atoms with Gasteiger partial charge in [-0.25, -0.2) is 9.97 Å². The third-order valence-electron chi connectivity index (χ3n) is 3.12. The van der Waals surface area contributed by atoms with E-state index in [-0.39, 0.29) is 0 Å². The summed E-state index contributed by atoms with van der Waals surface area (Å²) in [6.07, 6.45) is 2.73. The molecule has 0 spiro atoms. The maximum absolute atomic E-state index is 4.58. The Balaban J connectivity index is 2.26. The predicted octanol–water partition coefficient (Wildman–Crippen LogP) is 2.31. The summed E-state index contributed by atoms with van der Waals surface area (Å²) in [7, 11) is 0. The lowest BCUT2D eigenvalue weighted by Crippen LogP contribution is -2.17. The van der Waals surface area contributed by atoms with Gasteiger partial charge < -0.3 is 5.32 Å². The van der Waals surface area contributed by atoms with Crippen molar-refractivity contribution in [2.75, 3.05) is 13.1 Å². The number of rotatable bonds is 5. The molecular weight excluding hydrogens is 236 g/mol. The van der Waals surface area contributed by atoms with Crippen LogP contribution < -0.4 is 5.32 Å². The molecule has 0 radical (unpaired) electrons. The van der Waals surface area contributed by atoms with E-state index in [9.17, 15) is 0 Å². The minimum atomic E-state index is 0.711. The molecule has 0 fully saturated rings. The van der Waals surface area contributed by atoms with Gasteiger partial charge in [0.25, 0.3) is 0 Å². The van der Waals surface area contributed by atoms with Crippen molar-refractivity contribution >= 4 is 0 Å². The monoisotopic (exact) mass is 256 g/mol. The van der Waals surface area contributed by atoms with Crippen molar-refractivity contribution in [3.63, 3.8) is 0 Å². The van der Waals surface area contributed by atoms with E-state index < -0.39 is 0 Å². The Bertz CT molecular complexity index is 514. The molecule has 1 N–H and O–H groups in total. The van der Waals surface area contributed by atoms with Crippen LogP contribution in [0.3, 0.4) is 0 Å². The lowest BCUT2D eigenvalue weighted by atomic mass is 10.1. The number of aryl methyl sites for hydroxylation is 2. The lowest BCUT2D eigenvalue weighted by Gasteiger charge is -2.10. The number of hydrogen-bond acceptors (Lipinski definition) is 4. The van der Waals surface area contributed by atoms with Crippen molar-refractivity contribution in [3.8, 4) is 11.5 Å². The van der Waals surface area contributed by atoms with E-state index in [1.165, 1.54) is 5.56 Å². The van der Waals surface area contributed by atoms with Gasteiger partial charge in [0.2, 0.25) is 0 Å². The summed E-state index contributed by atoms with van der Waals surface area (Å²) < 4.78 is 0.